The average Bonchev–Trinajstić information content (AvgIpc) is 3.26. The molecule has 0 bridgehead atoms. The average molecular weight is 471 g/mol. The molecule has 2 heterocycles. The van der Waals surface area contributed by atoms with Crippen molar-refractivity contribution >= 4 is 33.3 Å². The summed E-state index contributed by atoms with van der Waals surface area (Å²) < 4.78 is 44.9. The maximum Gasteiger partial charge on any atom is 0.315 e. The number of benzene rings is 1. The van der Waals surface area contributed by atoms with E-state index in [0.717, 1.165) is 16.9 Å². The van der Waals surface area contributed by atoms with Gasteiger partial charge in [0.15, 0.2) is 0 Å². The summed E-state index contributed by atoms with van der Waals surface area (Å²) >= 11 is 1.10. The van der Waals surface area contributed by atoms with E-state index in [9.17, 15) is 22.4 Å². The zero-order chi connectivity index (χ0) is 22.3. The highest BCUT2D eigenvalue weighted by atomic mass is 32.2. The van der Waals surface area contributed by atoms with Crippen LogP contribution >= 0.6 is 11.3 Å². The fourth-order valence-corrected chi connectivity index (χ4v) is 5.62. The molecule has 1 aliphatic rings. The van der Waals surface area contributed by atoms with Crippen molar-refractivity contribution < 1.29 is 27.1 Å². The van der Waals surface area contributed by atoms with E-state index in [2.05, 4.69) is 16.0 Å². The molecule has 0 spiro atoms. The van der Waals surface area contributed by atoms with Crippen LogP contribution in [0.1, 0.15) is 10.4 Å². The number of carbonyl (C=O) groups excluding carboxylic acids is 2. The molecule has 3 N–H and O–H groups in total. The summed E-state index contributed by atoms with van der Waals surface area (Å²) in [6.45, 7) is 1.50. The number of amides is 3. The van der Waals surface area contributed by atoms with Crippen molar-refractivity contribution in [3.8, 4) is 0 Å². The van der Waals surface area contributed by atoms with Gasteiger partial charge in [-0.3, -0.25) is 4.79 Å². The zero-order valence-electron chi connectivity index (χ0n) is 16.6. The van der Waals surface area contributed by atoms with Crippen molar-refractivity contribution in [3.05, 3.63) is 52.7 Å². The lowest BCUT2D eigenvalue weighted by atomic mass is 10.2. The molecule has 1 aromatic carbocycles. The van der Waals surface area contributed by atoms with Gasteiger partial charge in [-0.1, -0.05) is 12.1 Å². The number of sulfonamides is 1. The molecule has 3 amide bonds. The number of carbonyl (C=O) groups is 2. The number of hydrogen-bond acceptors (Lipinski definition) is 6. The Labute approximate surface area is 183 Å². The molecule has 0 unspecified atom stereocenters. The van der Waals surface area contributed by atoms with Crippen molar-refractivity contribution in [3.63, 3.8) is 0 Å². The molecule has 1 aliphatic heterocycles. The van der Waals surface area contributed by atoms with Crippen LogP contribution in [0.5, 0.6) is 0 Å². The van der Waals surface area contributed by atoms with Gasteiger partial charge in [0.2, 0.25) is 5.91 Å². The van der Waals surface area contributed by atoms with Gasteiger partial charge in [0, 0.05) is 24.5 Å². The molecule has 1 fully saturated rings. The van der Waals surface area contributed by atoms with Crippen LogP contribution in [-0.2, 0) is 32.6 Å². The van der Waals surface area contributed by atoms with Gasteiger partial charge < -0.3 is 20.7 Å². The van der Waals surface area contributed by atoms with E-state index in [0.29, 0.717) is 31.2 Å². The standard InChI is InChI=1S/C19H23FN4O5S2/c20-15-3-1-14(2-4-15)11-22-19(26)23-13-17(25)21-12-16-5-6-18(30-16)31(27,28)24-7-9-29-10-8-24/h1-6H,7-13H2,(H,21,25)(H2,22,23,26). The summed E-state index contributed by atoms with van der Waals surface area (Å²) in [5.41, 5.74) is 0.724. The van der Waals surface area contributed by atoms with Gasteiger partial charge in [-0.25, -0.2) is 17.6 Å². The molecule has 9 nitrogen and oxygen atoms in total. The van der Waals surface area contributed by atoms with Gasteiger partial charge in [0.25, 0.3) is 10.0 Å². The maximum absolute atomic E-state index is 12.9. The number of rotatable bonds is 8. The van der Waals surface area contributed by atoms with Gasteiger partial charge >= 0.3 is 6.03 Å². The van der Waals surface area contributed by atoms with Crippen molar-refractivity contribution in [2.75, 3.05) is 32.8 Å². The van der Waals surface area contributed by atoms with Gasteiger partial charge in [-0.2, -0.15) is 4.31 Å². The molecule has 0 radical (unpaired) electrons. The molecule has 168 valence electrons. The van der Waals surface area contributed by atoms with Crippen molar-refractivity contribution in [1.82, 2.24) is 20.3 Å². The Morgan fingerprint density at radius 3 is 2.42 bits per heavy atom. The first kappa shape index (κ1) is 23.1. The van der Waals surface area contributed by atoms with Gasteiger partial charge in [0.1, 0.15) is 10.0 Å². The Morgan fingerprint density at radius 2 is 1.71 bits per heavy atom. The predicted octanol–water partition coefficient (Wildman–Crippen LogP) is 1.02. The Kier molecular flexibility index (Phi) is 7.96. The molecular formula is C19H23FN4O5S2. The third kappa shape index (κ3) is 6.72. The lowest BCUT2D eigenvalue weighted by molar-refractivity contribution is -0.120. The van der Waals surface area contributed by atoms with Gasteiger partial charge in [-0.15, -0.1) is 11.3 Å². The Hall–Kier alpha value is -2.54. The third-order valence-electron chi connectivity index (χ3n) is 4.44. The number of morpholine rings is 1. The highest BCUT2D eigenvalue weighted by molar-refractivity contribution is 7.91. The van der Waals surface area contributed by atoms with Crippen LogP contribution in [0.2, 0.25) is 0 Å². The van der Waals surface area contributed by atoms with Crippen LogP contribution in [0.25, 0.3) is 0 Å². The minimum atomic E-state index is -3.56. The Balaban J connectivity index is 1.39. The van der Waals surface area contributed by atoms with E-state index >= 15 is 0 Å². The Bertz CT molecular complexity index is 1000. The first-order valence-electron chi connectivity index (χ1n) is 9.54. The fraction of sp³-hybridized carbons (Fsp3) is 0.368. The second-order valence-corrected chi connectivity index (χ2v) is 10.0. The second-order valence-electron chi connectivity index (χ2n) is 6.68. The molecule has 0 atom stereocenters. The summed E-state index contributed by atoms with van der Waals surface area (Å²) in [6.07, 6.45) is 0. The number of halogens is 1. The molecule has 1 aromatic heterocycles. The van der Waals surface area contributed by atoms with E-state index in [1.165, 1.54) is 22.5 Å². The lowest BCUT2D eigenvalue weighted by Crippen LogP contribution is -2.41. The normalized spacial score (nSPS) is 14.7. The molecule has 0 aliphatic carbocycles. The van der Waals surface area contributed by atoms with E-state index in [1.54, 1.807) is 18.2 Å². The van der Waals surface area contributed by atoms with Crippen LogP contribution in [0.3, 0.4) is 0 Å². The quantitative estimate of drug-likeness (QED) is 0.533. The lowest BCUT2D eigenvalue weighted by Gasteiger charge is -2.25. The van der Waals surface area contributed by atoms with Crippen LogP contribution in [0.15, 0.2) is 40.6 Å². The molecule has 3 rings (SSSR count). The minimum absolute atomic E-state index is 0.154. The highest BCUT2D eigenvalue weighted by Crippen LogP contribution is 2.25. The number of urea groups is 1. The van der Waals surface area contributed by atoms with Gasteiger partial charge in [-0.05, 0) is 29.8 Å². The molecule has 2 aromatic rings. The van der Waals surface area contributed by atoms with E-state index in [1.807, 2.05) is 0 Å². The van der Waals surface area contributed by atoms with Crippen molar-refractivity contribution in [1.29, 1.82) is 0 Å². The van der Waals surface area contributed by atoms with E-state index in [-0.39, 0.29) is 29.7 Å². The van der Waals surface area contributed by atoms with Crippen LogP contribution in [0, 0.1) is 5.82 Å². The van der Waals surface area contributed by atoms with Crippen molar-refractivity contribution in [2.24, 2.45) is 0 Å². The Morgan fingerprint density at radius 1 is 1.00 bits per heavy atom. The first-order valence-corrected chi connectivity index (χ1v) is 11.8. The molecule has 31 heavy (non-hydrogen) atoms. The summed E-state index contributed by atoms with van der Waals surface area (Å²) in [5.74, 6) is -0.774. The summed E-state index contributed by atoms with van der Waals surface area (Å²) in [7, 11) is -3.56. The molecule has 0 saturated carbocycles. The molecular weight excluding hydrogens is 447 g/mol. The number of nitrogens with one attached hydrogen (secondary N) is 3. The van der Waals surface area contributed by atoms with Crippen LogP contribution in [0.4, 0.5) is 9.18 Å². The highest BCUT2D eigenvalue weighted by Gasteiger charge is 2.27. The summed E-state index contributed by atoms with van der Waals surface area (Å²) in [4.78, 5) is 24.4. The van der Waals surface area contributed by atoms with E-state index in [4.69, 9.17) is 4.74 Å². The van der Waals surface area contributed by atoms with Crippen LogP contribution in [-0.4, -0.2) is 57.5 Å². The van der Waals surface area contributed by atoms with Crippen LogP contribution < -0.4 is 16.0 Å². The molecule has 12 heteroatoms. The number of nitrogens with zero attached hydrogens (tertiary/aromatic N) is 1. The zero-order valence-corrected chi connectivity index (χ0v) is 18.2. The number of thiophene rings is 1. The molecule has 1 saturated heterocycles. The largest absolute Gasteiger partial charge is 0.379 e. The topological polar surface area (TPSA) is 117 Å². The monoisotopic (exact) mass is 470 g/mol. The number of hydrogen-bond donors (Lipinski definition) is 3. The maximum atomic E-state index is 12.9. The SMILES string of the molecule is O=C(CNC(=O)NCc1ccc(F)cc1)NCc1ccc(S(=O)(=O)N2CCOCC2)s1. The number of ether oxygens (including phenoxy) is 1. The van der Waals surface area contributed by atoms with Crippen molar-refractivity contribution in [2.45, 2.75) is 17.3 Å². The third-order valence-corrected chi connectivity index (χ3v) is 7.89. The second kappa shape index (κ2) is 10.7. The van der Waals surface area contributed by atoms with E-state index < -0.39 is 22.0 Å². The minimum Gasteiger partial charge on any atom is -0.379 e. The fourth-order valence-electron chi connectivity index (χ4n) is 2.76. The smallest absolute Gasteiger partial charge is 0.315 e. The first-order chi connectivity index (χ1) is 14.8. The summed E-state index contributed by atoms with van der Waals surface area (Å²) in [5, 5.41) is 7.63. The predicted molar refractivity (Wildman–Crippen MR) is 112 cm³/mol. The summed E-state index contributed by atoms with van der Waals surface area (Å²) in [6, 6.07) is 8.34. The van der Waals surface area contributed by atoms with Gasteiger partial charge in [0.05, 0.1) is 26.3 Å².